The first kappa shape index (κ1) is 36.6. The zero-order chi connectivity index (χ0) is 31.2. The third kappa shape index (κ3) is 14.7. The van der Waals surface area contributed by atoms with E-state index in [2.05, 4.69) is 26.6 Å². The maximum Gasteiger partial charge on any atom is 0.243 e. The van der Waals surface area contributed by atoms with Gasteiger partial charge >= 0.3 is 0 Å². The summed E-state index contributed by atoms with van der Waals surface area (Å²) in [6.45, 7) is 12.8. The van der Waals surface area contributed by atoms with Crippen LogP contribution in [0.2, 0.25) is 0 Å². The Morgan fingerprint density at radius 2 is 1.15 bits per heavy atom. The van der Waals surface area contributed by atoms with Gasteiger partial charge in [0.1, 0.15) is 24.2 Å². The summed E-state index contributed by atoms with van der Waals surface area (Å²) < 4.78 is 0. The van der Waals surface area contributed by atoms with Crippen molar-refractivity contribution in [3.63, 3.8) is 0 Å². The van der Waals surface area contributed by atoms with E-state index in [-0.39, 0.29) is 36.7 Å². The summed E-state index contributed by atoms with van der Waals surface area (Å²) in [5, 5.41) is 20.6. The normalized spacial score (nSPS) is 15.0. The number of guanidine groups is 1. The van der Waals surface area contributed by atoms with Crippen molar-refractivity contribution >= 4 is 35.5 Å². The molecule has 0 saturated carbocycles. The van der Waals surface area contributed by atoms with Crippen molar-refractivity contribution in [1.29, 1.82) is 5.41 Å². The predicted octanol–water partition coefficient (Wildman–Crippen LogP) is -1.23. The molecular weight excluding hydrogens is 518 g/mol. The van der Waals surface area contributed by atoms with Crippen molar-refractivity contribution in [2.45, 2.75) is 104 Å². The summed E-state index contributed by atoms with van der Waals surface area (Å²) in [4.78, 5) is 63.8. The van der Waals surface area contributed by atoms with Crippen molar-refractivity contribution in [1.82, 2.24) is 26.6 Å². The molecule has 0 aliphatic carbocycles. The summed E-state index contributed by atoms with van der Waals surface area (Å²) in [6, 6.07) is -4.74. The van der Waals surface area contributed by atoms with Gasteiger partial charge < -0.3 is 43.8 Å². The lowest BCUT2D eigenvalue weighted by atomic mass is 9.99. The lowest BCUT2D eigenvalue weighted by molar-refractivity contribution is -0.135. The molecule has 0 aromatic carbocycles. The fourth-order valence-electron chi connectivity index (χ4n) is 3.84. The Morgan fingerprint density at radius 1 is 0.675 bits per heavy atom. The van der Waals surface area contributed by atoms with Crippen LogP contribution in [0.5, 0.6) is 0 Å². The molecule has 0 aliphatic heterocycles. The van der Waals surface area contributed by atoms with Crippen LogP contribution >= 0.6 is 0 Å². The molecule has 0 radical (unpaired) electrons. The smallest absolute Gasteiger partial charge is 0.243 e. The molecular formula is C26H51N9O5. The Morgan fingerprint density at radius 3 is 1.60 bits per heavy atom. The maximum absolute atomic E-state index is 13.4. The molecule has 0 aromatic heterocycles. The first-order valence-corrected chi connectivity index (χ1v) is 13.8. The van der Waals surface area contributed by atoms with Gasteiger partial charge in [-0.05, 0) is 50.4 Å². The van der Waals surface area contributed by atoms with Gasteiger partial charge in [-0.25, -0.2) is 0 Å². The Bertz CT molecular complexity index is 877. The molecule has 230 valence electrons. The largest absolute Gasteiger partial charge is 0.370 e. The average molecular weight is 570 g/mol. The van der Waals surface area contributed by atoms with Gasteiger partial charge in [0, 0.05) is 6.54 Å². The van der Waals surface area contributed by atoms with E-state index in [9.17, 15) is 24.0 Å². The van der Waals surface area contributed by atoms with Gasteiger partial charge in [-0.15, -0.1) is 0 Å². The predicted molar refractivity (Wildman–Crippen MR) is 153 cm³/mol. The topological polar surface area (TPSA) is 247 Å². The third-order valence-corrected chi connectivity index (χ3v) is 5.99. The van der Waals surface area contributed by atoms with Crippen molar-refractivity contribution < 1.29 is 24.0 Å². The minimum Gasteiger partial charge on any atom is -0.370 e. The highest BCUT2D eigenvalue weighted by atomic mass is 16.2. The molecule has 14 heteroatoms. The first-order chi connectivity index (χ1) is 18.5. The van der Waals surface area contributed by atoms with E-state index in [4.69, 9.17) is 22.6 Å². The third-order valence-electron chi connectivity index (χ3n) is 5.99. The van der Waals surface area contributed by atoms with Crippen LogP contribution in [0.3, 0.4) is 0 Å². The van der Waals surface area contributed by atoms with E-state index in [1.807, 2.05) is 27.7 Å². The minimum atomic E-state index is -1.07. The minimum absolute atomic E-state index is 0.0502. The number of hydrogen-bond donors (Lipinski definition) is 9. The molecule has 0 unspecified atom stereocenters. The quantitative estimate of drug-likeness (QED) is 0.0548. The van der Waals surface area contributed by atoms with Crippen molar-refractivity contribution in [2.24, 2.45) is 35.0 Å². The summed E-state index contributed by atoms with van der Waals surface area (Å²) >= 11 is 0. The van der Waals surface area contributed by atoms with Gasteiger partial charge in [0.2, 0.25) is 29.5 Å². The molecule has 0 rings (SSSR count). The number of carbonyl (C=O) groups excluding carboxylic acids is 5. The number of primary amides is 1. The highest BCUT2D eigenvalue weighted by Crippen LogP contribution is 2.10. The van der Waals surface area contributed by atoms with E-state index in [0.717, 1.165) is 0 Å². The van der Waals surface area contributed by atoms with Crippen LogP contribution in [-0.4, -0.2) is 72.2 Å². The molecule has 12 N–H and O–H groups in total. The van der Waals surface area contributed by atoms with Crippen LogP contribution < -0.4 is 43.8 Å². The van der Waals surface area contributed by atoms with Crippen molar-refractivity contribution in [2.75, 3.05) is 6.54 Å². The van der Waals surface area contributed by atoms with Gasteiger partial charge in [-0.1, -0.05) is 41.5 Å². The van der Waals surface area contributed by atoms with E-state index >= 15 is 0 Å². The first-order valence-electron chi connectivity index (χ1n) is 13.8. The summed E-state index contributed by atoms with van der Waals surface area (Å²) in [7, 11) is 0. The van der Waals surface area contributed by atoms with Crippen LogP contribution in [0.4, 0.5) is 0 Å². The lowest BCUT2D eigenvalue weighted by Gasteiger charge is -2.28. The second kappa shape index (κ2) is 18.0. The van der Waals surface area contributed by atoms with Gasteiger partial charge in [-0.3, -0.25) is 29.4 Å². The van der Waals surface area contributed by atoms with Crippen LogP contribution in [0.1, 0.15) is 74.1 Å². The van der Waals surface area contributed by atoms with Gasteiger partial charge in [-0.2, -0.15) is 0 Å². The Labute approximate surface area is 237 Å². The summed E-state index contributed by atoms with van der Waals surface area (Å²) in [5.41, 5.74) is 16.4. The lowest BCUT2D eigenvalue weighted by Crippen LogP contribution is -2.59. The Balaban J connectivity index is 5.85. The number of hydrogen-bond acceptors (Lipinski definition) is 7. The number of nitrogens with one attached hydrogen (secondary N) is 6. The fraction of sp³-hybridized carbons (Fsp3) is 0.769. The molecule has 0 aromatic rings. The maximum atomic E-state index is 13.4. The zero-order valence-corrected chi connectivity index (χ0v) is 24.9. The van der Waals surface area contributed by atoms with E-state index < -0.39 is 59.7 Å². The number of carbonyl (C=O) groups is 5. The van der Waals surface area contributed by atoms with Crippen LogP contribution in [-0.2, 0) is 24.0 Å². The van der Waals surface area contributed by atoms with Gasteiger partial charge in [0.25, 0.3) is 0 Å². The molecule has 0 fully saturated rings. The van der Waals surface area contributed by atoms with Crippen molar-refractivity contribution in [3.8, 4) is 0 Å². The molecule has 0 aliphatic rings. The Hall–Kier alpha value is -3.42. The average Bonchev–Trinajstić information content (AvgIpc) is 2.81. The van der Waals surface area contributed by atoms with Crippen molar-refractivity contribution in [3.05, 3.63) is 0 Å². The fourth-order valence-corrected chi connectivity index (χ4v) is 3.84. The molecule has 40 heavy (non-hydrogen) atoms. The van der Waals surface area contributed by atoms with Gasteiger partial charge in [0.05, 0.1) is 6.04 Å². The van der Waals surface area contributed by atoms with Crippen LogP contribution in [0.25, 0.3) is 0 Å². The number of rotatable bonds is 18. The van der Waals surface area contributed by atoms with Crippen LogP contribution in [0, 0.1) is 23.2 Å². The second-order valence-electron chi connectivity index (χ2n) is 11.3. The molecule has 5 amide bonds. The molecule has 5 atom stereocenters. The molecule has 0 spiro atoms. The molecule has 14 nitrogen and oxygen atoms in total. The molecule has 0 bridgehead atoms. The summed E-state index contributed by atoms with van der Waals surface area (Å²) in [5.74, 6) is -3.39. The monoisotopic (exact) mass is 569 g/mol. The van der Waals surface area contributed by atoms with Gasteiger partial charge in [0.15, 0.2) is 5.96 Å². The molecule has 0 heterocycles. The number of amides is 5. The van der Waals surface area contributed by atoms with E-state index in [1.165, 1.54) is 6.92 Å². The summed E-state index contributed by atoms with van der Waals surface area (Å²) in [6.07, 6.45) is 1.16. The standard InChI is InChI=1S/C26H51N9O5/c1-13(2)11-18(21(28)36)33-25(40)20(15(5)6)35-23(38)17(9-8-10-31-26(29)30)32-24(39)19(12-14(3)4)34-22(37)16(7)27/h13-20H,8-12,27H2,1-7H3,(H2,28,36)(H,32,39)(H,33,40)(H,34,37)(H,35,38)(H4,29,30,31)/t16-,17-,18-,19-,20-/m0/s1. The highest BCUT2D eigenvalue weighted by Gasteiger charge is 2.32. The SMILES string of the molecule is CC(C)C[C@H](NC(=O)[C@@H](NC(=O)[C@H](CCCNC(=N)N)NC(=O)[C@H](CC(C)C)NC(=O)[C@H](C)N)C(C)C)C(N)=O. The van der Waals surface area contributed by atoms with Crippen LogP contribution in [0.15, 0.2) is 0 Å². The second-order valence-corrected chi connectivity index (χ2v) is 11.3. The Kier molecular flexibility index (Phi) is 16.5. The number of nitrogens with two attached hydrogens (primary N) is 3. The zero-order valence-electron chi connectivity index (χ0n) is 24.9. The molecule has 0 saturated heterocycles. The van der Waals surface area contributed by atoms with E-state index in [0.29, 0.717) is 19.3 Å². The van der Waals surface area contributed by atoms with E-state index in [1.54, 1.807) is 13.8 Å². The highest BCUT2D eigenvalue weighted by molar-refractivity contribution is 5.95.